The van der Waals surface area contributed by atoms with Crippen LogP contribution in [0.1, 0.15) is 45.4 Å². The molecule has 0 spiro atoms. The van der Waals surface area contributed by atoms with Gasteiger partial charge in [-0.2, -0.15) is 0 Å². The Morgan fingerprint density at radius 2 is 1.94 bits per heavy atom. The highest BCUT2D eigenvalue weighted by Crippen LogP contribution is 2.29. The number of ether oxygens (including phenoxy) is 1. The van der Waals surface area contributed by atoms with Crippen molar-refractivity contribution in [3.05, 3.63) is 0 Å². The van der Waals surface area contributed by atoms with Crippen LogP contribution in [-0.2, 0) is 4.74 Å². The van der Waals surface area contributed by atoms with Crippen molar-refractivity contribution >= 4 is 0 Å². The molecule has 0 aromatic rings. The maximum absolute atomic E-state index is 5.58. The molecule has 3 aliphatic rings. The van der Waals surface area contributed by atoms with Crippen LogP contribution in [0.25, 0.3) is 0 Å². The fraction of sp³-hybridized carbons (Fsp3) is 1.00. The molecule has 18 heavy (non-hydrogen) atoms. The Labute approximate surface area is 111 Å². The van der Waals surface area contributed by atoms with E-state index in [1.54, 1.807) is 0 Å². The summed E-state index contributed by atoms with van der Waals surface area (Å²) in [5.41, 5.74) is 0. The summed E-state index contributed by atoms with van der Waals surface area (Å²) in [7, 11) is 0. The lowest BCUT2D eigenvalue weighted by Gasteiger charge is -2.45. The first-order valence-electron chi connectivity index (χ1n) is 7.91. The van der Waals surface area contributed by atoms with E-state index in [4.69, 9.17) is 4.74 Å². The molecule has 3 rings (SSSR count). The summed E-state index contributed by atoms with van der Waals surface area (Å²) in [6.07, 6.45) is 8.49. The Morgan fingerprint density at radius 3 is 2.67 bits per heavy atom. The number of hydrogen-bond donors (Lipinski definition) is 1. The summed E-state index contributed by atoms with van der Waals surface area (Å²) in [6.45, 7) is 6.71. The smallest absolute Gasteiger partial charge is 0.0622 e. The third kappa shape index (κ3) is 2.73. The van der Waals surface area contributed by atoms with Gasteiger partial charge < -0.3 is 10.1 Å². The van der Waals surface area contributed by atoms with Crippen molar-refractivity contribution in [3.63, 3.8) is 0 Å². The van der Waals surface area contributed by atoms with Gasteiger partial charge in [-0.25, -0.2) is 0 Å². The van der Waals surface area contributed by atoms with Gasteiger partial charge in [0.2, 0.25) is 0 Å². The summed E-state index contributed by atoms with van der Waals surface area (Å²) in [4.78, 5) is 2.72. The minimum atomic E-state index is 0.677. The SMILES string of the molecule is CC1CNC(C2CCCCC2)CN1C1CCOC1. The molecule has 0 bridgehead atoms. The molecule has 3 unspecified atom stereocenters. The van der Waals surface area contributed by atoms with E-state index in [1.807, 2.05) is 0 Å². The topological polar surface area (TPSA) is 24.5 Å². The lowest BCUT2D eigenvalue weighted by molar-refractivity contribution is 0.0578. The Balaban J connectivity index is 1.60. The fourth-order valence-electron chi connectivity index (χ4n) is 4.06. The normalized spacial score (nSPS) is 40.2. The zero-order valence-electron chi connectivity index (χ0n) is 11.7. The maximum atomic E-state index is 5.58. The van der Waals surface area contributed by atoms with E-state index in [1.165, 1.54) is 45.1 Å². The van der Waals surface area contributed by atoms with Gasteiger partial charge in [-0.3, -0.25) is 4.90 Å². The van der Waals surface area contributed by atoms with Crippen LogP contribution < -0.4 is 5.32 Å². The molecule has 104 valence electrons. The first-order valence-corrected chi connectivity index (χ1v) is 7.91. The van der Waals surface area contributed by atoms with Crippen LogP contribution in [0.4, 0.5) is 0 Å². The first kappa shape index (κ1) is 12.9. The Bertz CT molecular complexity index is 259. The highest BCUT2D eigenvalue weighted by molar-refractivity contribution is 4.92. The minimum absolute atomic E-state index is 0.677. The lowest BCUT2D eigenvalue weighted by atomic mass is 9.82. The molecule has 0 radical (unpaired) electrons. The molecule has 3 fully saturated rings. The molecule has 2 heterocycles. The van der Waals surface area contributed by atoms with E-state index in [-0.39, 0.29) is 0 Å². The van der Waals surface area contributed by atoms with Crippen LogP contribution in [0.15, 0.2) is 0 Å². The average Bonchev–Trinajstić information content (AvgIpc) is 2.94. The molecule has 1 N–H and O–H groups in total. The first-order chi connectivity index (χ1) is 8.84. The van der Waals surface area contributed by atoms with Crippen molar-refractivity contribution < 1.29 is 4.74 Å². The van der Waals surface area contributed by atoms with E-state index < -0.39 is 0 Å². The molecular formula is C15H28N2O. The second kappa shape index (κ2) is 5.89. The summed E-state index contributed by atoms with van der Waals surface area (Å²) >= 11 is 0. The second-order valence-electron chi connectivity index (χ2n) is 6.48. The molecule has 0 aromatic carbocycles. The standard InChI is InChI=1S/C15H28N2O/c1-12-9-16-15(13-5-3-2-4-6-13)10-17(12)14-7-8-18-11-14/h12-16H,2-11H2,1H3. The van der Waals surface area contributed by atoms with E-state index in [2.05, 4.69) is 17.1 Å². The van der Waals surface area contributed by atoms with E-state index in [0.29, 0.717) is 12.1 Å². The Kier molecular flexibility index (Phi) is 4.22. The molecule has 2 aliphatic heterocycles. The molecule has 1 saturated carbocycles. The fourth-order valence-corrected chi connectivity index (χ4v) is 4.06. The second-order valence-corrected chi connectivity index (χ2v) is 6.48. The van der Waals surface area contributed by atoms with Gasteiger partial charge in [0.05, 0.1) is 6.61 Å². The Hall–Kier alpha value is -0.120. The van der Waals surface area contributed by atoms with Gasteiger partial charge in [0.25, 0.3) is 0 Å². The van der Waals surface area contributed by atoms with Gasteiger partial charge in [-0.05, 0) is 32.1 Å². The van der Waals surface area contributed by atoms with Crippen LogP contribution in [0.5, 0.6) is 0 Å². The summed E-state index contributed by atoms with van der Waals surface area (Å²) in [6, 6.07) is 2.10. The van der Waals surface area contributed by atoms with Crippen molar-refractivity contribution in [1.82, 2.24) is 10.2 Å². The highest BCUT2D eigenvalue weighted by Gasteiger charge is 2.35. The van der Waals surface area contributed by atoms with Crippen LogP contribution in [0.2, 0.25) is 0 Å². The molecule has 3 nitrogen and oxygen atoms in total. The van der Waals surface area contributed by atoms with Crippen LogP contribution in [0, 0.1) is 5.92 Å². The molecule has 3 heteroatoms. The quantitative estimate of drug-likeness (QED) is 0.814. The number of rotatable bonds is 2. The molecular weight excluding hydrogens is 224 g/mol. The van der Waals surface area contributed by atoms with Crippen molar-refractivity contribution in [2.75, 3.05) is 26.3 Å². The van der Waals surface area contributed by atoms with Crippen LogP contribution >= 0.6 is 0 Å². The lowest BCUT2D eigenvalue weighted by Crippen LogP contribution is -2.60. The molecule has 2 saturated heterocycles. The van der Waals surface area contributed by atoms with Crippen molar-refractivity contribution in [2.45, 2.75) is 63.6 Å². The Morgan fingerprint density at radius 1 is 1.11 bits per heavy atom. The van der Waals surface area contributed by atoms with Crippen molar-refractivity contribution in [2.24, 2.45) is 5.92 Å². The largest absolute Gasteiger partial charge is 0.380 e. The molecule has 0 amide bonds. The zero-order valence-corrected chi connectivity index (χ0v) is 11.7. The number of nitrogens with zero attached hydrogens (tertiary/aromatic N) is 1. The third-order valence-corrected chi connectivity index (χ3v) is 5.24. The van der Waals surface area contributed by atoms with Gasteiger partial charge in [0.1, 0.15) is 0 Å². The summed E-state index contributed by atoms with van der Waals surface area (Å²) in [5.74, 6) is 0.927. The predicted octanol–water partition coefficient (Wildman–Crippen LogP) is 2.02. The summed E-state index contributed by atoms with van der Waals surface area (Å²) in [5, 5.41) is 3.81. The highest BCUT2D eigenvalue weighted by atomic mass is 16.5. The molecule has 3 atom stereocenters. The van der Waals surface area contributed by atoms with Gasteiger partial charge in [-0.1, -0.05) is 19.3 Å². The van der Waals surface area contributed by atoms with Gasteiger partial charge in [0, 0.05) is 37.8 Å². The average molecular weight is 252 g/mol. The monoisotopic (exact) mass is 252 g/mol. The van der Waals surface area contributed by atoms with Gasteiger partial charge in [-0.15, -0.1) is 0 Å². The predicted molar refractivity (Wildman–Crippen MR) is 73.8 cm³/mol. The van der Waals surface area contributed by atoms with E-state index in [0.717, 1.165) is 31.7 Å². The summed E-state index contributed by atoms with van der Waals surface area (Å²) < 4.78 is 5.58. The van der Waals surface area contributed by atoms with Gasteiger partial charge >= 0.3 is 0 Å². The molecule has 1 aliphatic carbocycles. The van der Waals surface area contributed by atoms with E-state index >= 15 is 0 Å². The number of piperazine rings is 1. The van der Waals surface area contributed by atoms with Gasteiger partial charge in [0.15, 0.2) is 0 Å². The van der Waals surface area contributed by atoms with Crippen molar-refractivity contribution in [3.8, 4) is 0 Å². The number of nitrogens with one attached hydrogen (secondary N) is 1. The third-order valence-electron chi connectivity index (χ3n) is 5.24. The van der Waals surface area contributed by atoms with Crippen LogP contribution in [0.3, 0.4) is 0 Å². The number of hydrogen-bond acceptors (Lipinski definition) is 3. The zero-order chi connectivity index (χ0) is 12.4. The van der Waals surface area contributed by atoms with Crippen LogP contribution in [-0.4, -0.2) is 49.3 Å². The molecule has 0 aromatic heterocycles. The minimum Gasteiger partial charge on any atom is -0.380 e. The van der Waals surface area contributed by atoms with E-state index in [9.17, 15) is 0 Å². The van der Waals surface area contributed by atoms with Crippen molar-refractivity contribution in [1.29, 1.82) is 0 Å². The maximum Gasteiger partial charge on any atom is 0.0622 e.